The molecule has 94 valence electrons. The largest absolute Gasteiger partial charge is 0.369 e. The minimum atomic E-state index is -0.0820. The van der Waals surface area contributed by atoms with E-state index in [4.69, 9.17) is 5.73 Å². The molecule has 0 aromatic carbocycles. The van der Waals surface area contributed by atoms with E-state index in [2.05, 4.69) is 6.92 Å². The van der Waals surface area contributed by atoms with E-state index < -0.39 is 0 Å². The highest BCUT2D eigenvalue weighted by Crippen LogP contribution is 2.31. The average Bonchev–Trinajstić information content (AvgIpc) is 2.29. The third-order valence-corrected chi connectivity index (χ3v) is 3.97. The monoisotopic (exact) mass is 225 g/mol. The third kappa shape index (κ3) is 5.00. The number of hydrogen-bond donors (Lipinski definition) is 1. The molecule has 0 bridgehead atoms. The molecule has 1 aliphatic rings. The lowest BCUT2D eigenvalue weighted by molar-refractivity contribution is -0.122. The minimum absolute atomic E-state index is 0.0820. The van der Waals surface area contributed by atoms with Gasteiger partial charge in [0.05, 0.1) is 0 Å². The predicted molar refractivity (Wildman–Crippen MR) is 68.0 cm³/mol. The lowest BCUT2D eigenvalue weighted by atomic mass is 9.79. The van der Waals surface area contributed by atoms with Crippen molar-refractivity contribution in [1.29, 1.82) is 0 Å². The average molecular weight is 225 g/mol. The van der Waals surface area contributed by atoms with Gasteiger partial charge in [-0.3, -0.25) is 4.79 Å². The van der Waals surface area contributed by atoms with Crippen LogP contribution < -0.4 is 5.73 Å². The van der Waals surface area contributed by atoms with Crippen molar-refractivity contribution in [3.05, 3.63) is 0 Å². The second kappa shape index (κ2) is 7.70. The van der Waals surface area contributed by atoms with Gasteiger partial charge in [0.1, 0.15) is 0 Å². The van der Waals surface area contributed by atoms with Gasteiger partial charge in [-0.25, -0.2) is 0 Å². The molecule has 16 heavy (non-hydrogen) atoms. The Labute approximate surface area is 100.0 Å². The highest BCUT2D eigenvalue weighted by atomic mass is 16.1. The first-order valence-electron chi connectivity index (χ1n) is 7.03. The molecule has 0 atom stereocenters. The van der Waals surface area contributed by atoms with Crippen LogP contribution in [0.5, 0.6) is 0 Å². The second-order valence-electron chi connectivity index (χ2n) is 5.32. The number of rotatable bonds is 7. The molecule has 1 saturated carbocycles. The van der Waals surface area contributed by atoms with E-state index in [9.17, 15) is 4.79 Å². The summed E-state index contributed by atoms with van der Waals surface area (Å²) in [5, 5.41) is 0. The summed E-state index contributed by atoms with van der Waals surface area (Å²) in [4.78, 5) is 11.0. The Balaban J connectivity index is 2.02. The van der Waals surface area contributed by atoms with Gasteiger partial charge in [0, 0.05) is 5.92 Å². The highest BCUT2D eigenvalue weighted by Gasteiger charge is 2.23. The number of carbonyl (C=O) groups is 1. The van der Waals surface area contributed by atoms with Crippen LogP contribution in [0.25, 0.3) is 0 Å². The zero-order chi connectivity index (χ0) is 11.8. The van der Waals surface area contributed by atoms with Crippen LogP contribution in [0.4, 0.5) is 0 Å². The minimum Gasteiger partial charge on any atom is -0.369 e. The normalized spacial score (nSPS) is 25.6. The van der Waals surface area contributed by atoms with E-state index in [1.807, 2.05) is 0 Å². The van der Waals surface area contributed by atoms with Crippen LogP contribution in [0.15, 0.2) is 0 Å². The maximum Gasteiger partial charge on any atom is 0.220 e. The molecule has 2 heteroatoms. The Bertz CT molecular complexity index is 195. The molecule has 0 radical (unpaired) electrons. The summed E-state index contributed by atoms with van der Waals surface area (Å²) in [6, 6.07) is 0. The van der Waals surface area contributed by atoms with E-state index in [1.165, 1.54) is 51.4 Å². The van der Waals surface area contributed by atoms with Gasteiger partial charge in [-0.2, -0.15) is 0 Å². The first kappa shape index (κ1) is 13.5. The molecule has 0 unspecified atom stereocenters. The smallest absolute Gasteiger partial charge is 0.220 e. The molecule has 2 N–H and O–H groups in total. The van der Waals surface area contributed by atoms with E-state index in [-0.39, 0.29) is 11.8 Å². The molecule has 0 spiro atoms. The Hall–Kier alpha value is -0.530. The third-order valence-electron chi connectivity index (χ3n) is 3.97. The van der Waals surface area contributed by atoms with Crippen molar-refractivity contribution in [2.45, 2.75) is 71.1 Å². The molecule has 0 aromatic heterocycles. The second-order valence-corrected chi connectivity index (χ2v) is 5.32. The van der Waals surface area contributed by atoms with Gasteiger partial charge in [0.25, 0.3) is 0 Å². The van der Waals surface area contributed by atoms with Crippen LogP contribution in [0.2, 0.25) is 0 Å². The Morgan fingerprint density at radius 2 is 1.69 bits per heavy atom. The van der Waals surface area contributed by atoms with Crippen molar-refractivity contribution in [2.75, 3.05) is 0 Å². The summed E-state index contributed by atoms with van der Waals surface area (Å²) < 4.78 is 0. The zero-order valence-corrected chi connectivity index (χ0v) is 10.7. The SMILES string of the molecule is CCCCCCCC1CCC(C(N)=O)CC1. The van der Waals surface area contributed by atoms with Crippen LogP contribution in [0, 0.1) is 11.8 Å². The van der Waals surface area contributed by atoms with E-state index in [0.29, 0.717) is 0 Å². The van der Waals surface area contributed by atoms with Crippen LogP contribution in [0.3, 0.4) is 0 Å². The summed E-state index contributed by atoms with van der Waals surface area (Å²) in [5.41, 5.74) is 5.33. The summed E-state index contributed by atoms with van der Waals surface area (Å²) >= 11 is 0. The van der Waals surface area contributed by atoms with Gasteiger partial charge in [-0.15, -0.1) is 0 Å². The van der Waals surface area contributed by atoms with Gasteiger partial charge >= 0.3 is 0 Å². The van der Waals surface area contributed by atoms with Crippen LogP contribution in [0.1, 0.15) is 71.1 Å². The molecule has 0 heterocycles. The standard InChI is InChI=1S/C14H27NO/c1-2-3-4-5-6-7-12-8-10-13(11-9-12)14(15)16/h12-13H,2-11H2,1H3,(H2,15,16). The fourth-order valence-corrected chi connectivity index (χ4v) is 2.77. The fraction of sp³-hybridized carbons (Fsp3) is 0.929. The lowest BCUT2D eigenvalue weighted by Gasteiger charge is -2.26. The van der Waals surface area contributed by atoms with Crippen molar-refractivity contribution in [1.82, 2.24) is 0 Å². The molecule has 0 aromatic rings. The van der Waals surface area contributed by atoms with Crippen molar-refractivity contribution < 1.29 is 4.79 Å². The number of carbonyl (C=O) groups excluding carboxylic acids is 1. The molecule has 1 fully saturated rings. The molecule has 2 nitrogen and oxygen atoms in total. The van der Waals surface area contributed by atoms with Gasteiger partial charge in [-0.1, -0.05) is 45.4 Å². The van der Waals surface area contributed by atoms with Gasteiger partial charge < -0.3 is 5.73 Å². The molecule has 1 amide bonds. The molecular formula is C14H27NO. The Morgan fingerprint density at radius 3 is 2.25 bits per heavy atom. The van der Waals surface area contributed by atoms with Crippen molar-refractivity contribution in [2.24, 2.45) is 17.6 Å². The van der Waals surface area contributed by atoms with Crippen LogP contribution in [-0.4, -0.2) is 5.91 Å². The lowest BCUT2D eigenvalue weighted by Crippen LogP contribution is -2.27. The number of primary amides is 1. The van der Waals surface area contributed by atoms with E-state index >= 15 is 0 Å². The summed E-state index contributed by atoms with van der Waals surface area (Å²) in [5.74, 6) is 0.968. The van der Waals surface area contributed by atoms with E-state index in [0.717, 1.165) is 18.8 Å². The maximum absolute atomic E-state index is 11.0. The first-order chi connectivity index (χ1) is 7.74. The van der Waals surface area contributed by atoms with Crippen molar-refractivity contribution in [3.8, 4) is 0 Å². The van der Waals surface area contributed by atoms with Crippen LogP contribution >= 0.6 is 0 Å². The Morgan fingerprint density at radius 1 is 1.06 bits per heavy atom. The molecule has 0 saturated heterocycles. The number of hydrogen-bond acceptors (Lipinski definition) is 1. The summed E-state index contributed by atoms with van der Waals surface area (Å²) in [6.45, 7) is 2.26. The molecule has 0 aliphatic heterocycles. The molecule has 1 rings (SSSR count). The molecule has 1 aliphatic carbocycles. The topological polar surface area (TPSA) is 43.1 Å². The van der Waals surface area contributed by atoms with Crippen molar-refractivity contribution in [3.63, 3.8) is 0 Å². The number of unbranched alkanes of at least 4 members (excludes halogenated alkanes) is 4. The van der Waals surface area contributed by atoms with Gasteiger partial charge in [0.2, 0.25) is 5.91 Å². The number of amides is 1. The highest BCUT2D eigenvalue weighted by molar-refractivity contribution is 5.76. The van der Waals surface area contributed by atoms with Crippen LogP contribution in [-0.2, 0) is 4.79 Å². The Kier molecular flexibility index (Phi) is 6.51. The fourth-order valence-electron chi connectivity index (χ4n) is 2.77. The molecular weight excluding hydrogens is 198 g/mol. The zero-order valence-electron chi connectivity index (χ0n) is 10.7. The van der Waals surface area contributed by atoms with E-state index in [1.54, 1.807) is 0 Å². The summed E-state index contributed by atoms with van der Waals surface area (Å²) in [7, 11) is 0. The predicted octanol–water partition coefficient (Wildman–Crippen LogP) is 3.64. The van der Waals surface area contributed by atoms with Gasteiger partial charge in [-0.05, 0) is 31.6 Å². The number of nitrogens with two attached hydrogens (primary N) is 1. The maximum atomic E-state index is 11.0. The van der Waals surface area contributed by atoms with Crippen molar-refractivity contribution >= 4 is 5.91 Å². The summed E-state index contributed by atoms with van der Waals surface area (Å²) in [6.07, 6.45) is 12.8. The first-order valence-corrected chi connectivity index (χ1v) is 7.03. The quantitative estimate of drug-likeness (QED) is 0.660. The van der Waals surface area contributed by atoms with Gasteiger partial charge in [0.15, 0.2) is 0 Å².